The standard InChI is InChI=1S/C72H140O17P2/c1-5-9-13-17-20-23-25-27-29-31-32-33-34-35-37-39-41-44-47-51-55-59-72(77)89-68(63-83-70(75)57-53-49-45-43-40-38-36-30-28-26-24-21-18-14-10-6-2)65-87-91(80,81)85-61-66(73)60-84-90(78,79)86-64-67(62-82-69(74)56-52-48-16-12-8-4)88-71(76)58-54-50-46-42-22-19-15-11-7-3/h66-68,73H,5-65H2,1-4H3,(H,78,79)(H,80,81)/t66-,67+,68+/m0/s1. The first-order valence-electron chi connectivity index (χ1n) is 37.8. The SMILES string of the molecule is CCCCCCCCCCCCCCCCCCCCCCCC(=O)O[C@H](COC(=O)CCCCCCCCCCCCCCCCCC)COP(=O)(O)OC[C@@H](O)COP(=O)(O)OC[C@@H](COC(=O)CCCCCCC)OC(=O)CCCCCCCCCCC. The van der Waals surface area contributed by atoms with Gasteiger partial charge in [0, 0.05) is 25.7 Å². The van der Waals surface area contributed by atoms with Crippen molar-refractivity contribution in [2.45, 2.75) is 399 Å². The van der Waals surface area contributed by atoms with Crippen LogP contribution in [0, 0.1) is 0 Å². The van der Waals surface area contributed by atoms with E-state index in [0.717, 1.165) is 96.3 Å². The Kier molecular flexibility index (Phi) is 65.2. The molecule has 19 heteroatoms. The summed E-state index contributed by atoms with van der Waals surface area (Å²) >= 11 is 0. The van der Waals surface area contributed by atoms with E-state index in [1.807, 2.05) is 0 Å². The van der Waals surface area contributed by atoms with E-state index >= 15 is 0 Å². The Labute approximate surface area is 556 Å². The van der Waals surface area contributed by atoms with Crippen LogP contribution in [0.4, 0.5) is 0 Å². The molecule has 0 spiro atoms. The minimum atomic E-state index is -4.95. The van der Waals surface area contributed by atoms with Gasteiger partial charge in [0.25, 0.3) is 0 Å². The Hall–Kier alpha value is -1.94. The molecule has 0 fully saturated rings. The first kappa shape index (κ1) is 89.1. The van der Waals surface area contributed by atoms with Gasteiger partial charge >= 0.3 is 39.5 Å². The van der Waals surface area contributed by atoms with Crippen LogP contribution in [0.15, 0.2) is 0 Å². The monoisotopic (exact) mass is 1340 g/mol. The van der Waals surface area contributed by atoms with Crippen molar-refractivity contribution < 1.29 is 80.2 Å². The zero-order valence-corrected chi connectivity index (χ0v) is 60.6. The number of unbranched alkanes of at least 4 members (excludes halogenated alkanes) is 47. The Balaban J connectivity index is 5.10. The lowest BCUT2D eigenvalue weighted by Crippen LogP contribution is -2.30. The molecule has 0 rings (SSSR count). The van der Waals surface area contributed by atoms with E-state index in [-0.39, 0.29) is 25.7 Å². The van der Waals surface area contributed by atoms with Gasteiger partial charge in [-0.1, -0.05) is 329 Å². The summed E-state index contributed by atoms with van der Waals surface area (Å²) in [6.45, 7) is 4.85. The van der Waals surface area contributed by atoms with Crippen LogP contribution in [0.5, 0.6) is 0 Å². The molecule has 0 aromatic heterocycles. The van der Waals surface area contributed by atoms with E-state index in [0.29, 0.717) is 25.7 Å². The van der Waals surface area contributed by atoms with E-state index in [1.54, 1.807) is 0 Å². The topological polar surface area (TPSA) is 237 Å². The Morgan fingerprint density at radius 2 is 0.440 bits per heavy atom. The van der Waals surface area contributed by atoms with E-state index in [4.69, 9.17) is 37.0 Å². The Morgan fingerprint density at radius 1 is 0.264 bits per heavy atom. The maximum atomic E-state index is 13.1. The van der Waals surface area contributed by atoms with Gasteiger partial charge in [0.1, 0.15) is 19.3 Å². The van der Waals surface area contributed by atoms with Gasteiger partial charge in [-0.15, -0.1) is 0 Å². The normalized spacial score (nSPS) is 14.0. The molecule has 17 nitrogen and oxygen atoms in total. The number of hydrogen-bond donors (Lipinski definition) is 3. The summed E-state index contributed by atoms with van der Waals surface area (Å²) in [7, 11) is -9.89. The van der Waals surface area contributed by atoms with Crippen molar-refractivity contribution >= 4 is 39.5 Å². The van der Waals surface area contributed by atoms with Crippen molar-refractivity contribution in [3.8, 4) is 0 Å². The zero-order valence-electron chi connectivity index (χ0n) is 58.8. The van der Waals surface area contributed by atoms with Crippen molar-refractivity contribution in [1.82, 2.24) is 0 Å². The first-order valence-corrected chi connectivity index (χ1v) is 40.8. The van der Waals surface area contributed by atoms with Crippen molar-refractivity contribution in [3.05, 3.63) is 0 Å². The minimum absolute atomic E-state index is 0.105. The molecule has 0 amide bonds. The maximum Gasteiger partial charge on any atom is 0.472 e. The highest BCUT2D eigenvalue weighted by Gasteiger charge is 2.30. The third-order valence-corrected chi connectivity index (χ3v) is 18.8. The number of carbonyl (C=O) groups excluding carboxylic acids is 4. The molecule has 0 aliphatic heterocycles. The molecule has 3 N–H and O–H groups in total. The Bertz CT molecular complexity index is 1740. The number of aliphatic hydroxyl groups excluding tert-OH is 1. The van der Waals surface area contributed by atoms with Gasteiger partial charge in [-0.25, -0.2) is 9.13 Å². The second-order valence-electron chi connectivity index (χ2n) is 26.0. The lowest BCUT2D eigenvalue weighted by atomic mass is 10.0. The van der Waals surface area contributed by atoms with Crippen LogP contribution in [0.25, 0.3) is 0 Å². The van der Waals surface area contributed by atoms with Crippen LogP contribution in [-0.4, -0.2) is 96.7 Å². The molecule has 0 radical (unpaired) electrons. The highest BCUT2D eigenvalue weighted by Crippen LogP contribution is 2.45. The number of phosphoric ester groups is 2. The number of hydrogen-bond acceptors (Lipinski definition) is 15. The highest BCUT2D eigenvalue weighted by atomic mass is 31.2. The van der Waals surface area contributed by atoms with E-state index < -0.39 is 97.5 Å². The second kappa shape index (κ2) is 66.7. The van der Waals surface area contributed by atoms with Crippen LogP contribution < -0.4 is 0 Å². The van der Waals surface area contributed by atoms with Crippen molar-refractivity contribution in [2.75, 3.05) is 39.6 Å². The van der Waals surface area contributed by atoms with Gasteiger partial charge in [-0.3, -0.25) is 37.3 Å². The second-order valence-corrected chi connectivity index (χ2v) is 28.9. The molecule has 0 aromatic rings. The fourth-order valence-electron chi connectivity index (χ4n) is 11.0. The summed E-state index contributed by atoms with van der Waals surface area (Å²) in [5.74, 6) is -2.13. The van der Waals surface area contributed by atoms with Crippen molar-refractivity contribution in [3.63, 3.8) is 0 Å². The van der Waals surface area contributed by atoms with Crippen molar-refractivity contribution in [1.29, 1.82) is 0 Å². The fraction of sp³-hybridized carbons (Fsp3) is 0.944. The summed E-state index contributed by atoms with van der Waals surface area (Å²) in [4.78, 5) is 72.2. The highest BCUT2D eigenvalue weighted by molar-refractivity contribution is 7.47. The molecule has 540 valence electrons. The summed E-state index contributed by atoms with van der Waals surface area (Å²) in [6.07, 6.45) is 56.1. The lowest BCUT2D eigenvalue weighted by molar-refractivity contribution is -0.161. The molecule has 2 unspecified atom stereocenters. The minimum Gasteiger partial charge on any atom is -0.462 e. The average molecular weight is 1340 g/mol. The quantitative estimate of drug-likeness (QED) is 0.0222. The number of carbonyl (C=O) groups is 4. The van der Waals surface area contributed by atoms with E-state index in [1.165, 1.54) is 205 Å². The fourth-order valence-corrected chi connectivity index (χ4v) is 12.6. The predicted octanol–water partition coefficient (Wildman–Crippen LogP) is 21.1. The molecular weight excluding hydrogens is 1200 g/mol. The summed E-state index contributed by atoms with van der Waals surface area (Å²) in [6, 6.07) is 0. The number of ether oxygens (including phenoxy) is 4. The third kappa shape index (κ3) is 66.5. The van der Waals surface area contributed by atoms with Crippen LogP contribution >= 0.6 is 15.6 Å². The lowest BCUT2D eigenvalue weighted by Gasteiger charge is -2.21. The smallest absolute Gasteiger partial charge is 0.462 e. The molecule has 91 heavy (non-hydrogen) atoms. The van der Waals surface area contributed by atoms with Gasteiger partial charge in [0.05, 0.1) is 26.4 Å². The number of phosphoric acid groups is 2. The van der Waals surface area contributed by atoms with Gasteiger partial charge in [-0.05, 0) is 25.7 Å². The molecule has 0 heterocycles. The number of rotatable bonds is 73. The molecule has 0 saturated carbocycles. The summed E-state index contributed by atoms with van der Waals surface area (Å²) in [5, 5.41) is 10.6. The average Bonchev–Trinajstić information content (AvgIpc) is 2.62. The van der Waals surface area contributed by atoms with Gasteiger partial charge in [0.15, 0.2) is 12.2 Å². The predicted molar refractivity (Wildman–Crippen MR) is 368 cm³/mol. The maximum absolute atomic E-state index is 13.1. The largest absolute Gasteiger partial charge is 0.472 e. The van der Waals surface area contributed by atoms with E-state index in [2.05, 4.69) is 27.7 Å². The Morgan fingerprint density at radius 3 is 0.648 bits per heavy atom. The van der Waals surface area contributed by atoms with Crippen LogP contribution in [0.1, 0.15) is 381 Å². The van der Waals surface area contributed by atoms with Gasteiger partial charge in [0.2, 0.25) is 0 Å². The zero-order chi connectivity index (χ0) is 66.8. The molecule has 0 aliphatic carbocycles. The van der Waals surface area contributed by atoms with Crippen LogP contribution in [0.3, 0.4) is 0 Å². The summed E-state index contributed by atoms with van der Waals surface area (Å²) in [5.41, 5.74) is 0. The van der Waals surface area contributed by atoms with Gasteiger partial charge in [-0.2, -0.15) is 0 Å². The third-order valence-electron chi connectivity index (χ3n) is 16.9. The van der Waals surface area contributed by atoms with E-state index in [9.17, 15) is 43.2 Å². The molecular formula is C72H140O17P2. The first-order chi connectivity index (χ1) is 44.2. The molecule has 5 atom stereocenters. The molecule has 0 bridgehead atoms. The number of esters is 4. The van der Waals surface area contributed by atoms with Crippen LogP contribution in [0.2, 0.25) is 0 Å². The number of aliphatic hydroxyl groups is 1. The molecule has 0 saturated heterocycles. The van der Waals surface area contributed by atoms with Crippen LogP contribution in [-0.2, 0) is 65.4 Å². The molecule has 0 aromatic carbocycles. The van der Waals surface area contributed by atoms with Gasteiger partial charge < -0.3 is 33.8 Å². The van der Waals surface area contributed by atoms with Crippen molar-refractivity contribution in [2.24, 2.45) is 0 Å². The summed E-state index contributed by atoms with van der Waals surface area (Å²) < 4.78 is 68.1. The molecule has 0 aliphatic rings.